The molecule has 0 saturated carbocycles. The van der Waals surface area contributed by atoms with E-state index >= 15 is 0 Å². The minimum atomic E-state index is 0.346. The van der Waals surface area contributed by atoms with Crippen LogP contribution in [0.5, 0.6) is 0 Å². The lowest BCUT2D eigenvalue weighted by atomic mass is 10.1. The van der Waals surface area contributed by atoms with Gasteiger partial charge in [0.05, 0.1) is 12.6 Å². The van der Waals surface area contributed by atoms with E-state index in [1.54, 1.807) is 11.3 Å². The maximum atomic E-state index is 5.43. The summed E-state index contributed by atoms with van der Waals surface area (Å²) in [5, 5.41) is 17.9. The molecule has 2 unspecified atom stereocenters. The van der Waals surface area contributed by atoms with Crippen molar-refractivity contribution in [2.45, 2.75) is 18.4 Å². The van der Waals surface area contributed by atoms with Gasteiger partial charge in [0.25, 0.3) is 0 Å². The summed E-state index contributed by atoms with van der Waals surface area (Å²) in [5.74, 6) is 3.58. The molecule has 0 spiro atoms. The Balaban J connectivity index is 1.67. The number of aromatic nitrogens is 4. The van der Waals surface area contributed by atoms with E-state index < -0.39 is 0 Å². The fourth-order valence-corrected chi connectivity index (χ4v) is 4.47. The number of ether oxygens (including phenoxy) is 1. The van der Waals surface area contributed by atoms with Crippen molar-refractivity contribution in [1.29, 1.82) is 0 Å². The van der Waals surface area contributed by atoms with E-state index in [1.165, 1.54) is 5.75 Å². The average molecular weight is 297 g/mol. The second-order valence-electron chi connectivity index (χ2n) is 4.84. The summed E-state index contributed by atoms with van der Waals surface area (Å²) in [6.07, 6.45) is 1.02. The summed E-state index contributed by atoms with van der Waals surface area (Å²) in [6, 6.07) is 0.359. The molecule has 102 valence electrons. The second kappa shape index (κ2) is 5.01. The third-order valence-electron chi connectivity index (χ3n) is 3.55. The first-order valence-electron chi connectivity index (χ1n) is 6.53. The summed E-state index contributed by atoms with van der Waals surface area (Å²) < 4.78 is 7.35. The van der Waals surface area contributed by atoms with Crippen LogP contribution in [0, 0.1) is 0 Å². The van der Waals surface area contributed by atoms with Gasteiger partial charge in [-0.15, -0.1) is 10.2 Å². The summed E-state index contributed by atoms with van der Waals surface area (Å²) in [5.41, 5.74) is 0. The molecule has 1 N–H and O–H groups in total. The van der Waals surface area contributed by atoms with Crippen molar-refractivity contribution in [1.82, 2.24) is 25.1 Å². The number of hydrogen-bond acceptors (Lipinski definition) is 7. The minimum Gasteiger partial charge on any atom is -0.381 e. The Morgan fingerprint density at radius 1 is 1.37 bits per heavy atom. The highest BCUT2D eigenvalue weighted by molar-refractivity contribution is 7.99. The molecule has 2 atom stereocenters. The van der Waals surface area contributed by atoms with Gasteiger partial charge in [0.1, 0.15) is 5.01 Å². The van der Waals surface area contributed by atoms with Gasteiger partial charge in [0, 0.05) is 30.6 Å². The third-order valence-corrected chi connectivity index (χ3v) is 5.62. The van der Waals surface area contributed by atoms with Crippen molar-refractivity contribution in [2.75, 3.05) is 31.3 Å². The zero-order valence-corrected chi connectivity index (χ0v) is 12.0. The van der Waals surface area contributed by atoms with Gasteiger partial charge in [-0.2, -0.15) is 21.4 Å². The number of thioether (sulfide) groups is 1. The fourth-order valence-electron chi connectivity index (χ4n) is 2.50. The fraction of sp³-hybridized carbons (Fsp3) is 0.727. The van der Waals surface area contributed by atoms with Gasteiger partial charge in [0.15, 0.2) is 5.82 Å². The van der Waals surface area contributed by atoms with Crippen LogP contribution >= 0.6 is 23.1 Å². The summed E-state index contributed by atoms with van der Waals surface area (Å²) in [6.45, 7) is 2.61. The van der Waals surface area contributed by atoms with Crippen LogP contribution in [0.2, 0.25) is 0 Å². The zero-order valence-electron chi connectivity index (χ0n) is 10.4. The molecule has 8 heteroatoms. The first-order chi connectivity index (χ1) is 9.42. The quantitative estimate of drug-likeness (QED) is 0.894. The molecule has 0 amide bonds. The van der Waals surface area contributed by atoms with Crippen LogP contribution in [-0.2, 0) is 4.74 Å². The topological polar surface area (TPSA) is 64.3 Å². The van der Waals surface area contributed by atoms with Gasteiger partial charge in [-0.25, -0.2) is 0 Å². The molecule has 2 aromatic rings. The average Bonchev–Trinajstić information content (AvgIpc) is 3.15. The van der Waals surface area contributed by atoms with E-state index in [-0.39, 0.29) is 0 Å². The summed E-state index contributed by atoms with van der Waals surface area (Å²) in [7, 11) is 0. The van der Waals surface area contributed by atoms with E-state index in [0.717, 1.165) is 47.7 Å². The normalized spacial score (nSPS) is 28.2. The highest BCUT2D eigenvalue weighted by Gasteiger charge is 2.26. The lowest BCUT2D eigenvalue weighted by molar-refractivity contribution is 0.193. The Kier molecular flexibility index (Phi) is 3.18. The lowest BCUT2D eigenvalue weighted by Gasteiger charge is -2.20. The van der Waals surface area contributed by atoms with Crippen LogP contribution < -0.4 is 5.32 Å². The molecule has 0 radical (unpaired) electrons. The van der Waals surface area contributed by atoms with Crippen LogP contribution in [0.15, 0.2) is 0 Å². The van der Waals surface area contributed by atoms with Crippen LogP contribution in [0.3, 0.4) is 0 Å². The van der Waals surface area contributed by atoms with Crippen molar-refractivity contribution < 1.29 is 4.74 Å². The molecule has 0 aromatic carbocycles. The maximum absolute atomic E-state index is 5.43. The van der Waals surface area contributed by atoms with E-state index in [0.29, 0.717) is 12.0 Å². The molecule has 4 rings (SSSR count). The van der Waals surface area contributed by atoms with Gasteiger partial charge in [0.2, 0.25) is 4.96 Å². The number of hydrogen-bond donors (Lipinski definition) is 1. The largest absolute Gasteiger partial charge is 0.381 e. The van der Waals surface area contributed by atoms with E-state index in [1.807, 2.05) is 16.3 Å². The second-order valence-corrected chi connectivity index (χ2v) is 6.97. The smallest absolute Gasteiger partial charge is 0.234 e. The predicted molar refractivity (Wildman–Crippen MR) is 74.9 cm³/mol. The molecule has 6 nitrogen and oxygen atoms in total. The van der Waals surface area contributed by atoms with Crippen molar-refractivity contribution in [3.63, 3.8) is 0 Å². The Labute approximate surface area is 118 Å². The van der Waals surface area contributed by atoms with Crippen molar-refractivity contribution in [2.24, 2.45) is 0 Å². The monoisotopic (exact) mass is 297 g/mol. The van der Waals surface area contributed by atoms with Crippen molar-refractivity contribution >= 4 is 28.1 Å². The van der Waals surface area contributed by atoms with Gasteiger partial charge < -0.3 is 10.1 Å². The Morgan fingerprint density at radius 2 is 2.37 bits per heavy atom. The van der Waals surface area contributed by atoms with E-state index in [9.17, 15) is 0 Å². The van der Waals surface area contributed by atoms with Crippen LogP contribution in [0.25, 0.3) is 4.96 Å². The van der Waals surface area contributed by atoms with Gasteiger partial charge >= 0.3 is 0 Å². The minimum absolute atomic E-state index is 0.346. The van der Waals surface area contributed by atoms with Crippen LogP contribution in [0.1, 0.15) is 29.2 Å². The van der Waals surface area contributed by atoms with Crippen molar-refractivity contribution in [3.8, 4) is 0 Å². The Bertz CT molecular complexity index is 571. The molecular weight excluding hydrogens is 282 g/mol. The molecule has 2 aliphatic heterocycles. The van der Waals surface area contributed by atoms with Crippen LogP contribution in [0.4, 0.5) is 0 Å². The van der Waals surface area contributed by atoms with Gasteiger partial charge in [-0.3, -0.25) is 0 Å². The third kappa shape index (κ3) is 2.16. The summed E-state index contributed by atoms with van der Waals surface area (Å²) >= 11 is 3.62. The number of fused-ring (bicyclic) bond motifs is 1. The number of nitrogens with one attached hydrogen (secondary N) is 1. The van der Waals surface area contributed by atoms with E-state index in [4.69, 9.17) is 9.84 Å². The maximum Gasteiger partial charge on any atom is 0.234 e. The SMILES string of the molecule is C1CSCC(c2nn3c(C4CCOC4)nnc3s2)N1. The number of nitrogens with zero attached hydrogens (tertiary/aromatic N) is 4. The molecule has 2 aromatic heterocycles. The molecular formula is C11H15N5OS2. The molecule has 2 saturated heterocycles. The molecule has 4 heterocycles. The summed E-state index contributed by atoms with van der Waals surface area (Å²) in [4.78, 5) is 0.897. The first kappa shape index (κ1) is 12.1. The predicted octanol–water partition coefficient (Wildman–Crippen LogP) is 1.07. The number of rotatable bonds is 2. The van der Waals surface area contributed by atoms with Crippen molar-refractivity contribution in [3.05, 3.63) is 10.8 Å². The zero-order chi connectivity index (χ0) is 12.7. The molecule has 2 fully saturated rings. The highest BCUT2D eigenvalue weighted by Crippen LogP contribution is 2.29. The highest BCUT2D eigenvalue weighted by atomic mass is 32.2. The Hall–Kier alpha value is -0.700. The first-order valence-corrected chi connectivity index (χ1v) is 8.50. The van der Waals surface area contributed by atoms with Gasteiger partial charge in [-0.1, -0.05) is 11.3 Å². The molecule has 0 bridgehead atoms. The van der Waals surface area contributed by atoms with E-state index in [2.05, 4.69) is 15.5 Å². The van der Waals surface area contributed by atoms with Gasteiger partial charge in [-0.05, 0) is 6.42 Å². The Morgan fingerprint density at radius 3 is 3.16 bits per heavy atom. The molecule has 0 aliphatic carbocycles. The molecule has 19 heavy (non-hydrogen) atoms. The lowest BCUT2D eigenvalue weighted by Crippen LogP contribution is -2.30. The molecule has 2 aliphatic rings. The van der Waals surface area contributed by atoms with Crippen LogP contribution in [-0.4, -0.2) is 51.1 Å². The standard InChI is InChI=1S/C11H15N5OS2/c1-3-17-5-7(1)9-13-14-11-16(9)15-10(19-11)8-6-18-4-2-12-8/h7-8,12H,1-6H2.